The first-order valence-electron chi connectivity index (χ1n) is 6.43. The molecule has 3 aromatic rings. The molecule has 0 unspecified atom stereocenters. The second kappa shape index (κ2) is 6.21. The van der Waals surface area contributed by atoms with Crippen LogP contribution in [-0.4, -0.2) is 18.1 Å². The van der Waals surface area contributed by atoms with Gasteiger partial charge in [-0.2, -0.15) is 0 Å². The lowest BCUT2D eigenvalue weighted by Crippen LogP contribution is -2.19. The summed E-state index contributed by atoms with van der Waals surface area (Å²) in [6, 6.07) is 12.2. The molecule has 5 nitrogen and oxygen atoms in total. The zero-order chi connectivity index (χ0) is 15.5. The Balaban J connectivity index is 1.75. The molecule has 0 aliphatic rings. The van der Waals surface area contributed by atoms with E-state index < -0.39 is 0 Å². The van der Waals surface area contributed by atoms with E-state index in [9.17, 15) is 4.79 Å². The molecular formula is C15H12ClN3O2S. The van der Waals surface area contributed by atoms with Gasteiger partial charge in [-0.15, -0.1) is 0 Å². The van der Waals surface area contributed by atoms with Gasteiger partial charge in [0.15, 0.2) is 5.13 Å². The molecule has 0 bridgehead atoms. The molecule has 0 saturated carbocycles. The molecule has 2 aromatic carbocycles. The number of amides is 2. The van der Waals surface area contributed by atoms with Crippen LogP contribution in [-0.2, 0) is 0 Å². The number of thiazole rings is 1. The van der Waals surface area contributed by atoms with E-state index in [-0.39, 0.29) is 6.03 Å². The molecule has 22 heavy (non-hydrogen) atoms. The van der Waals surface area contributed by atoms with E-state index in [1.54, 1.807) is 31.4 Å². The lowest BCUT2D eigenvalue weighted by atomic mass is 10.3. The van der Waals surface area contributed by atoms with Crippen molar-refractivity contribution in [2.24, 2.45) is 0 Å². The molecule has 0 saturated heterocycles. The van der Waals surface area contributed by atoms with E-state index in [0.717, 1.165) is 10.2 Å². The van der Waals surface area contributed by atoms with Gasteiger partial charge in [-0.1, -0.05) is 29.0 Å². The number of ether oxygens (including phenoxy) is 1. The van der Waals surface area contributed by atoms with Crippen molar-refractivity contribution in [2.45, 2.75) is 0 Å². The number of halogens is 1. The zero-order valence-electron chi connectivity index (χ0n) is 11.6. The number of urea groups is 1. The van der Waals surface area contributed by atoms with E-state index >= 15 is 0 Å². The Morgan fingerprint density at radius 1 is 1.18 bits per heavy atom. The minimum atomic E-state index is -0.361. The van der Waals surface area contributed by atoms with Crippen LogP contribution in [0.15, 0.2) is 42.5 Å². The average molecular weight is 334 g/mol. The molecule has 0 radical (unpaired) electrons. The first-order chi connectivity index (χ1) is 10.7. The van der Waals surface area contributed by atoms with E-state index in [1.165, 1.54) is 11.3 Å². The molecule has 1 aromatic heterocycles. The summed E-state index contributed by atoms with van der Waals surface area (Å²) in [5.41, 5.74) is 1.39. The number of hydrogen-bond donors (Lipinski definition) is 2. The SMILES string of the molecule is COc1cccc2sc(NC(=O)Nc3ccc(Cl)cc3)nc12. The van der Waals surface area contributed by atoms with Gasteiger partial charge < -0.3 is 10.1 Å². The van der Waals surface area contributed by atoms with E-state index in [1.807, 2.05) is 18.2 Å². The average Bonchev–Trinajstić information content (AvgIpc) is 2.91. The van der Waals surface area contributed by atoms with Crippen molar-refractivity contribution in [3.8, 4) is 5.75 Å². The fraction of sp³-hybridized carbons (Fsp3) is 0.0667. The number of para-hydroxylation sites is 1. The molecule has 112 valence electrons. The highest BCUT2D eigenvalue weighted by Crippen LogP contribution is 2.32. The Morgan fingerprint density at radius 3 is 2.68 bits per heavy atom. The highest BCUT2D eigenvalue weighted by Gasteiger charge is 2.10. The minimum absolute atomic E-state index is 0.361. The van der Waals surface area contributed by atoms with Crippen molar-refractivity contribution in [3.63, 3.8) is 0 Å². The van der Waals surface area contributed by atoms with Gasteiger partial charge in [-0.05, 0) is 36.4 Å². The lowest BCUT2D eigenvalue weighted by Gasteiger charge is -2.05. The van der Waals surface area contributed by atoms with Crippen LogP contribution in [0, 0.1) is 0 Å². The van der Waals surface area contributed by atoms with Crippen molar-refractivity contribution in [1.82, 2.24) is 4.98 Å². The second-order valence-corrected chi connectivity index (χ2v) is 5.88. The number of carbonyl (C=O) groups excluding carboxylic acids is 1. The van der Waals surface area contributed by atoms with Crippen LogP contribution >= 0.6 is 22.9 Å². The Bertz CT molecular complexity index is 817. The second-order valence-electron chi connectivity index (χ2n) is 4.41. The molecule has 0 atom stereocenters. The number of methoxy groups -OCH3 is 1. The lowest BCUT2D eigenvalue weighted by molar-refractivity contribution is 0.262. The third kappa shape index (κ3) is 3.13. The molecule has 0 aliphatic carbocycles. The van der Waals surface area contributed by atoms with Crippen LogP contribution < -0.4 is 15.4 Å². The van der Waals surface area contributed by atoms with Crippen molar-refractivity contribution in [1.29, 1.82) is 0 Å². The van der Waals surface area contributed by atoms with Crippen molar-refractivity contribution < 1.29 is 9.53 Å². The maximum Gasteiger partial charge on any atom is 0.325 e. The largest absolute Gasteiger partial charge is 0.494 e. The number of rotatable bonds is 3. The molecule has 3 rings (SSSR count). The number of anilines is 2. The van der Waals surface area contributed by atoms with Gasteiger partial charge in [-0.3, -0.25) is 5.32 Å². The number of fused-ring (bicyclic) bond motifs is 1. The summed E-state index contributed by atoms with van der Waals surface area (Å²) in [5, 5.41) is 6.55. The van der Waals surface area contributed by atoms with Crippen LogP contribution in [0.4, 0.5) is 15.6 Å². The number of carbonyl (C=O) groups is 1. The minimum Gasteiger partial charge on any atom is -0.494 e. The molecule has 7 heteroatoms. The van der Waals surface area contributed by atoms with Gasteiger partial charge in [0.05, 0.1) is 11.8 Å². The third-order valence-electron chi connectivity index (χ3n) is 2.92. The van der Waals surface area contributed by atoms with Crippen LogP contribution in [0.25, 0.3) is 10.2 Å². The van der Waals surface area contributed by atoms with Gasteiger partial charge in [0, 0.05) is 10.7 Å². The molecule has 2 amide bonds. The number of nitrogens with zero attached hydrogens (tertiary/aromatic N) is 1. The first kappa shape index (κ1) is 14.6. The Hall–Kier alpha value is -2.31. The maximum absolute atomic E-state index is 12.0. The van der Waals surface area contributed by atoms with Gasteiger partial charge in [-0.25, -0.2) is 9.78 Å². The summed E-state index contributed by atoms with van der Waals surface area (Å²) in [5.74, 6) is 0.680. The molecule has 0 spiro atoms. The number of benzene rings is 2. The van der Waals surface area contributed by atoms with E-state index in [2.05, 4.69) is 15.6 Å². The molecule has 0 fully saturated rings. The maximum atomic E-state index is 12.0. The van der Waals surface area contributed by atoms with Crippen molar-refractivity contribution in [2.75, 3.05) is 17.7 Å². The summed E-state index contributed by atoms with van der Waals surface area (Å²) >= 11 is 7.19. The highest BCUT2D eigenvalue weighted by atomic mass is 35.5. The van der Waals surface area contributed by atoms with Crippen LogP contribution in [0.1, 0.15) is 0 Å². The summed E-state index contributed by atoms with van der Waals surface area (Å²) in [6.45, 7) is 0. The first-order valence-corrected chi connectivity index (χ1v) is 7.62. The summed E-state index contributed by atoms with van der Waals surface area (Å²) < 4.78 is 6.20. The van der Waals surface area contributed by atoms with Gasteiger partial charge in [0.1, 0.15) is 11.3 Å². The van der Waals surface area contributed by atoms with E-state index in [0.29, 0.717) is 21.6 Å². The quantitative estimate of drug-likeness (QED) is 0.736. The molecule has 1 heterocycles. The van der Waals surface area contributed by atoms with Crippen molar-refractivity contribution >= 4 is 50.0 Å². The Kier molecular flexibility index (Phi) is 4.13. The van der Waals surface area contributed by atoms with Crippen LogP contribution in [0.5, 0.6) is 5.75 Å². The van der Waals surface area contributed by atoms with Gasteiger partial charge in [0.25, 0.3) is 0 Å². The zero-order valence-corrected chi connectivity index (χ0v) is 13.2. The van der Waals surface area contributed by atoms with Gasteiger partial charge in [0.2, 0.25) is 0 Å². The number of hydrogen-bond acceptors (Lipinski definition) is 4. The monoisotopic (exact) mass is 333 g/mol. The predicted molar refractivity (Wildman–Crippen MR) is 90.3 cm³/mol. The summed E-state index contributed by atoms with van der Waals surface area (Å²) in [7, 11) is 1.59. The smallest absolute Gasteiger partial charge is 0.325 e. The molecule has 0 aliphatic heterocycles. The Labute approximate surface area is 135 Å². The van der Waals surface area contributed by atoms with Crippen LogP contribution in [0.2, 0.25) is 5.02 Å². The van der Waals surface area contributed by atoms with Crippen LogP contribution in [0.3, 0.4) is 0 Å². The van der Waals surface area contributed by atoms with E-state index in [4.69, 9.17) is 16.3 Å². The van der Waals surface area contributed by atoms with Gasteiger partial charge >= 0.3 is 6.03 Å². The topological polar surface area (TPSA) is 63.2 Å². The fourth-order valence-electron chi connectivity index (χ4n) is 1.93. The summed E-state index contributed by atoms with van der Waals surface area (Å²) in [4.78, 5) is 16.4. The molecular weight excluding hydrogens is 322 g/mol. The Morgan fingerprint density at radius 2 is 1.95 bits per heavy atom. The standard InChI is InChI=1S/C15H12ClN3O2S/c1-21-11-3-2-4-12-13(11)18-15(22-12)19-14(20)17-10-7-5-9(16)6-8-10/h2-8H,1H3,(H2,17,18,19,20). The number of nitrogens with one attached hydrogen (secondary N) is 2. The van der Waals surface area contributed by atoms with Crippen molar-refractivity contribution in [3.05, 3.63) is 47.5 Å². The summed E-state index contributed by atoms with van der Waals surface area (Å²) in [6.07, 6.45) is 0. The fourth-order valence-corrected chi connectivity index (χ4v) is 2.94. The third-order valence-corrected chi connectivity index (χ3v) is 4.11. The number of aromatic nitrogens is 1. The highest BCUT2D eigenvalue weighted by molar-refractivity contribution is 7.22. The molecule has 2 N–H and O–H groups in total. The predicted octanol–water partition coefficient (Wildman–Crippen LogP) is 4.60. The normalized spacial score (nSPS) is 10.5.